The maximum Gasteiger partial charge on any atom is 0.128 e. The summed E-state index contributed by atoms with van der Waals surface area (Å²) >= 11 is 5.59. The van der Waals surface area contributed by atoms with Crippen molar-refractivity contribution in [2.45, 2.75) is 40.2 Å². The van der Waals surface area contributed by atoms with Crippen molar-refractivity contribution in [3.05, 3.63) is 51.2 Å². The van der Waals surface area contributed by atoms with E-state index in [0.717, 1.165) is 40.5 Å². The Morgan fingerprint density at radius 2 is 1.97 bits per heavy atom. The number of hydrogen-bond acceptors (Lipinski definition) is 4. The van der Waals surface area contributed by atoms with Gasteiger partial charge in [-0.1, -0.05) is 25.2 Å². The van der Waals surface area contributed by atoms with E-state index in [1.54, 1.807) is 0 Å². The van der Waals surface area contributed by atoms with Crippen molar-refractivity contribution >= 4 is 29.9 Å². The van der Waals surface area contributed by atoms with Crippen LogP contribution in [0.25, 0.3) is 29.0 Å². The van der Waals surface area contributed by atoms with Gasteiger partial charge in [0.25, 0.3) is 0 Å². The van der Waals surface area contributed by atoms with Gasteiger partial charge >= 0.3 is 0 Å². The Morgan fingerprint density at radius 1 is 1.17 bits per heavy atom. The van der Waals surface area contributed by atoms with Gasteiger partial charge < -0.3 is 14.8 Å². The summed E-state index contributed by atoms with van der Waals surface area (Å²) in [5.41, 5.74) is 5.98. The molecule has 29 heavy (non-hydrogen) atoms. The Bertz CT molecular complexity index is 1210. The van der Waals surface area contributed by atoms with Crippen LogP contribution in [0.15, 0.2) is 18.2 Å². The molecule has 0 spiro atoms. The number of H-pyrrole nitrogens is 2. The molecule has 4 rings (SSSR count). The largest absolute Gasteiger partial charge is 0.508 e. The zero-order valence-electron chi connectivity index (χ0n) is 16.7. The van der Waals surface area contributed by atoms with E-state index in [2.05, 4.69) is 38.8 Å². The highest BCUT2D eigenvalue weighted by Gasteiger charge is 2.21. The third kappa shape index (κ3) is 3.21. The number of rotatable bonds is 4. The predicted molar refractivity (Wildman–Crippen MR) is 118 cm³/mol. The van der Waals surface area contributed by atoms with E-state index in [-0.39, 0.29) is 11.5 Å². The highest BCUT2D eigenvalue weighted by molar-refractivity contribution is 7.71. The molecule has 1 aliphatic carbocycles. The molecular weight excluding hydrogens is 384 g/mol. The van der Waals surface area contributed by atoms with E-state index in [4.69, 9.17) is 12.2 Å². The smallest absolute Gasteiger partial charge is 0.128 e. The minimum Gasteiger partial charge on any atom is -0.508 e. The number of phenolic OH excluding ortho intramolecular Hbond substituents is 2. The van der Waals surface area contributed by atoms with Crippen LogP contribution in [-0.2, 0) is 13.0 Å². The number of benzene rings is 1. The predicted octanol–water partition coefficient (Wildman–Crippen LogP) is 5.20. The van der Waals surface area contributed by atoms with Gasteiger partial charge in [-0.15, -0.1) is 0 Å². The molecule has 0 atom stereocenters. The zero-order valence-corrected chi connectivity index (χ0v) is 17.5. The number of allylic oxidation sites excluding steroid dienone is 2. The zero-order chi connectivity index (χ0) is 20.7. The van der Waals surface area contributed by atoms with Gasteiger partial charge in [0.1, 0.15) is 22.0 Å². The second-order valence-corrected chi connectivity index (χ2v) is 7.54. The Kier molecular flexibility index (Phi) is 4.92. The van der Waals surface area contributed by atoms with Crippen LogP contribution >= 0.6 is 12.2 Å². The molecule has 2 aromatic heterocycles. The van der Waals surface area contributed by atoms with Gasteiger partial charge in [0.15, 0.2) is 0 Å². The van der Waals surface area contributed by atoms with Crippen molar-refractivity contribution in [2.24, 2.45) is 0 Å². The Hall–Kier alpha value is -3.06. The first-order valence-corrected chi connectivity index (χ1v) is 10.2. The summed E-state index contributed by atoms with van der Waals surface area (Å²) in [6.07, 6.45) is 7.62. The number of hydrogen-bond donors (Lipinski definition) is 4. The molecule has 150 valence electrons. The number of fused-ring (bicyclic) bond motifs is 1. The van der Waals surface area contributed by atoms with Crippen LogP contribution in [0.5, 0.6) is 11.5 Å². The van der Waals surface area contributed by atoms with Crippen LogP contribution in [0, 0.1) is 11.6 Å². The van der Waals surface area contributed by atoms with Gasteiger partial charge in [-0.3, -0.25) is 10.2 Å². The van der Waals surface area contributed by atoms with Crippen LogP contribution in [0.4, 0.5) is 0 Å². The number of imidazole rings is 1. The number of nitrogens with one attached hydrogen (secondary N) is 2. The molecule has 0 bridgehead atoms. The highest BCUT2D eigenvalue weighted by atomic mass is 32.1. The monoisotopic (exact) mass is 408 g/mol. The van der Waals surface area contributed by atoms with Crippen LogP contribution in [-0.4, -0.2) is 30.0 Å². The second-order valence-electron chi connectivity index (χ2n) is 7.13. The third-order valence-electron chi connectivity index (χ3n) is 5.41. The minimum atomic E-state index is 0.00565. The minimum absolute atomic E-state index is 0.00565. The molecule has 0 fully saturated rings. The first-order chi connectivity index (χ1) is 13.9. The molecule has 6 nitrogen and oxygen atoms in total. The summed E-state index contributed by atoms with van der Waals surface area (Å²) in [6, 6.07) is 3.19. The van der Waals surface area contributed by atoms with Crippen LogP contribution in [0.2, 0.25) is 0 Å². The lowest BCUT2D eigenvalue weighted by molar-refractivity contribution is 0.447. The highest BCUT2D eigenvalue weighted by Crippen LogP contribution is 2.40. The van der Waals surface area contributed by atoms with Gasteiger partial charge in [0, 0.05) is 23.7 Å². The molecule has 0 saturated heterocycles. The van der Waals surface area contributed by atoms with E-state index < -0.39 is 0 Å². The molecule has 4 N–H and O–H groups in total. The van der Waals surface area contributed by atoms with Crippen molar-refractivity contribution in [2.75, 3.05) is 0 Å². The van der Waals surface area contributed by atoms with Crippen LogP contribution < -0.4 is 0 Å². The molecular formula is C22H24N4O2S. The molecule has 0 amide bonds. The molecule has 2 heterocycles. The van der Waals surface area contributed by atoms with Crippen molar-refractivity contribution in [3.8, 4) is 22.8 Å². The molecule has 0 aliphatic heterocycles. The summed E-state index contributed by atoms with van der Waals surface area (Å²) < 4.78 is 2.75. The number of phenols is 2. The number of nitrogens with zero attached hydrogens (tertiary/aromatic N) is 2. The quantitative estimate of drug-likeness (QED) is 0.447. The van der Waals surface area contributed by atoms with Crippen molar-refractivity contribution < 1.29 is 10.2 Å². The van der Waals surface area contributed by atoms with Gasteiger partial charge in [-0.2, -0.15) is 0 Å². The molecule has 7 heteroatoms. The van der Waals surface area contributed by atoms with E-state index in [1.807, 2.05) is 26.0 Å². The molecule has 1 aliphatic rings. The van der Waals surface area contributed by atoms with Crippen LogP contribution in [0.1, 0.15) is 48.6 Å². The lowest BCUT2D eigenvalue weighted by Gasteiger charge is -2.11. The summed E-state index contributed by atoms with van der Waals surface area (Å²) in [6.45, 7) is 6.90. The number of aromatic nitrogens is 4. The lowest BCUT2D eigenvalue weighted by Crippen LogP contribution is -2.00. The van der Waals surface area contributed by atoms with E-state index in [0.29, 0.717) is 28.7 Å². The maximum absolute atomic E-state index is 10.5. The molecule has 3 aromatic rings. The summed E-state index contributed by atoms with van der Waals surface area (Å²) in [7, 11) is 0. The molecule has 0 radical (unpaired) electrons. The molecule has 1 aromatic carbocycles. The van der Waals surface area contributed by atoms with E-state index in [9.17, 15) is 10.2 Å². The fraction of sp³-hybridized carbons (Fsp3) is 0.273. The molecule has 0 saturated carbocycles. The standard InChI is InChI=1S/C22H24N4O2S/c1-4-13-9-15(19(28)11-18(13)27)21-20(22(29)25-24-21)14-7-6-8-16-17(10-14)26(5-2)12(3)23-16/h6,8-11,27-28H,4-5,7H2,1-3H3,(H2,24,25,29). The number of aromatic amines is 2. The van der Waals surface area contributed by atoms with Gasteiger partial charge in [-0.05, 0) is 56.0 Å². The first kappa shape index (κ1) is 19.3. The molecule has 0 unspecified atom stereocenters. The fourth-order valence-electron chi connectivity index (χ4n) is 3.95. The van der Waals surface area contributed by atoms with Gasteiger partial charge in [-0.25, -0.2) is 4.98 Å². The Balaban J connectivity index is 1.93. The third-order valence-corrected chi connectivity index (χ3v) is 5.72. The maximum atomic E-state index is 10.5. The fourth-order valence-corrected chi connectivity index (χ4v) is 4.23. The number of aromatic hydroxyl groups is 2. The van der Waals surface area contributed by atoms with Crippen molar-refractivity contribution in [1.82, 2.24) is 19.7 Å². The Labute approximate surface area is 174 Å². The van der Waals surface area contributed by atoms with Crippen molar-refractivity contribution in [1.29, 1.82) is 0 Å². The van der Waals surface area contributed by atoms with E-state index >= 15 is 0 Å². The SMILES string of the molecule is CCc1cc(-c2[nH][nH]c(=S)c2C2=Cc3c(nc(C)n3CC)C=CC2)c(O)cc1O. The summed E-state index contributed by atoms with van der Waals surface area (Å²) in [5, 5.41) is 26.7. The van der Waals surface area contributed by atoms with Crippen LogP contribution in [0.3, 0.4) is 0 Å². The normalized spacial score (nSPS) is 13.3. The van der Waals surface area contributed by atoms with Gasteiger partial charge in [0.2, 0.25) is 0 Å². The second kappa shape index (κ2) is 7.40. The summed E-state index contributed by atoms with van der Waals surface area (Å²) in [5.74, 6) is 1.07. The first-order valence-electron chi connectivity index (χ1n) is 9.75. The van der Waals surface area contributed by atoms with E-state index in [1.165, 1.54) is 6.07 Å². The average molecular weight is 409 g/mol. The Morgan fingerprint density at radius 3 is 2.69 bits per heavy atom. The average Bonchev–Trinajstić information content (AvgIpc) is 3.13. The summed E-state index contributed by atoms with van der Waals surface area (Å²) in [4.78, 5) is 4.67. The van der Waals surface area contributed by atoms with Gasteiger partial charge in [0.05, 0.1) is 17.1 Å². The van der Waals surface area contributed by atoms with Crippen molar-refractivity contribution in [3.63, 3.8) is 0 Å². The lowest BCUT2D eigenvalue weighted by atomic mass is 9.96. The topological polar surface area (TPSA) is 89.9 Å². The number of aryl methyl sites for hydroxylation is 2.